The highest BCUT2D eigenvalue weighted by atomic mass is 32.2. The first-order chi connectivity index (χ1) is 16.3. The lowest BCUT2D eigenvalue weighted by molar-refractivity contribution is 0.0622. The van der Waals surface area contributed by atoms with Gasteiger partial charge in [0.05, 0.1) is 23.4 Å². The molecule has 4 rings (SSSR count). The predicted octanol–water partition coefficient (Wildman–Crippen LogP) is 4.86. The predicted molar refractivity (Wildman–Crippen MR) is 134 cm³/mol. The van der Waals surface area contributed by atoms with E-state index in [0.29, 0.717) is 5.92 Å². The number of hydrogen-bond donors (Lipinski definition) is 3. The fraction of sp³-hybridized carbons (Fsp3) is 0.375. The number of phenolic OH excluding ortho intramolecular Hbond substituents is 1. The maximum absolute atomic E-state index is 13.2. The van der Waals surface area contributed by atoms with Crippen molar-refractivity contribution in [2.45, 2.75) is 37.6 Å². The molecule has 10 heteroatoms. The van der Waals surface area contributed by atoms with Gasteiger partial charge < -0.3 is 19.9 Å². The standard InChI is InChI=1S/C24H29N3O5S2/c1-15(17-9-11-32-12-10-17)25-24-26-16(2)23(33-24)18-7-8-21(31-3)22(13-18)34(29,30)27-19-5-4-6-20(28)14-19/h4-8,13-15,17,27-28H,9-12H2,1-3H3,(H,25,26). The van der Waals surface area contributed by atoms with Crippen molar-refractivity contribution in [1.82, 2.24) is 4.98 Å². The Labute approximate surface area is 204 Å². The molecule has 1 saturated heterocycles. The Morgan fingerprint density at radius 2 is 1.97 bits per heavy atom. The van der Waals surface area contributed by atoms with Gasteiger partial charge in [-0.25, -0.2) is 13.4 Å². The van der Waals surface area contributed by atoms with Gasteiger partial charge in [-0.05, 0) is 68.5 Å². The second kappa shape index (κ2) is 10.2. The number of nitrogens with one attached hydrogen (secondary N) is 2. The summed E-state index contributed by atoms with van der Waals surface area (Å²) in [6, 6.07) is 11.3. The molecule has 1 fully saturated rings. The van der Waals surface area contributed by atoms with E-state index < -0.39 is 10.0 Å². The highest BCUT2D eigenvalue weighted by Gasteiger charge is 2.24. The molecular weight excluding hydrogens is 474 g/mol. The van der Waals surface area contributed by atoms with Gasteiger partial charge in [0, 0.05) is 25.3 Å². The molecule has 1 aliphatic heterocycles. The molecule has 0 bridgehead atoms. The van der Waals surface area contributed by atoms with Gasteiger partial charge in [0.25, 0.3) is 10.0 Å². The zero-order chi connectivity index (χ0) is 24.3. The fourth-order valence-corrected chi connectivity index (χ4v) is 6.37. The van der Waals surface area contributed by atoms with Gasteiger partial charge >= 0.3 is 0 Å². The Morgan fingerprint density at radius 1 is 1.21 bits per heavy atom. The number of aromatic nitrogens is 1. The average molecular weight is 504 g/mol. The number of nitrogens with zero attached hydrogens (tertiary/aromatic N) is 1. The van der Waals surface area contributed by atoms with E-state index in [1.807, 2.05) is 13.0 Å². The lowest BCUT2D eigenvalue weighted by Crippen LogP contribution is -2.30. The zero-order valence-electron chi connectivity index (χ0n) is 19.4. The number of aryl methyl sites for hydroxylation is 1. The smallest absolute Gasteiger partial charge is 0.265 e. The number of methoxy groups -OCH3 is 1. The van der Waals surface area contributed by atoms with Crippen LogP contribution < -0.4 is 14.8 Å². The highest BCUT2D eigenvalue weighted by molar-refractivity contribution is 7.92. The molecule has 0 radical (unpaired) electrons. The van der Waals surface area contributed by atoms with Crippen LogP contribution in [0.2, 0.25) is 0 Å². The quantitative estimate of drug-likeness (QED) is 0.403. The maximum Gasteiger partial charge on any atom is 0.265 e. The lowest BCUT2D eigenvalue weighted by Gasteiger charge is -2.28. The lowest BCUT2D eigenvalue weighted by atomic mass is 9.93. The molecule has 0 spiro atoms. The summed E-state index contributed by atoms with van der Waals surface area (Å²) < 4.78 is 39.7. The molecule has 1 atom stereocenters. The van der Waals surface area contributed by atoms with Crippen LogP contribution in [0.25, 0.3) is 10.4 Å². The van der Waals surface area contributed by atoms with E-state index >= 15 is 0 Å². The molecule has 2 heterocycles. The van der Waals surface area contributed by atoms with Crippen LogP contribution in [-0.4, -0.2) is 44.9 Å². The maximum atomic E-state index is 13.2. The SMILES string of the molecule is COc1ccc(-c2sc(NC(C)C3CCOCC3)nc2C)cc1S(=O)(=O)Nc1cccc(O)c1. The summed E-state index contributed by atoms with van der Waals surface area (Å²) in [6.45, 7) is 5.66. The molecule has 1 aliphatic rings. The Kier molecular flexibility index (Phi) is 7.30. The minimum atomic E-state index is -3.97. The van der Waals surface area contributed by atoms with Crippen molar-refractivity contribution in [2.24, 2.45) is 5.92 Å². The minimum Gasteiger partial charge on any atom is -0.508 e. The van der Waals surface area contributed by atoms with Gasteiger partial charge in [0.2, 0.25) is 0 Å². The van der Waals surface area contributed by atoms with Crippen LogP contribution in [0, 0.1) is 12.8 Å². The summed E-state index contributed by atoms with van der Waals surface area (Å²) in [4.78, 5) is 5.58. The van der Waals surface area contributed by atoms with E-state index in [2.05, 4.69) is 21.9 Å². The van der Waals surface area contributed by atoms with Crippen molar-refractivity contribution in [3.8, 4) is 21.9 Å². The Hall–Kier alpha value is -2.82. The second-order valence-corrected chi connectivity index (χ2v) is 11.0. The van der Waals surface area contributed by atoms with Crippen LogP contribution in [0.1, 0.15) is 25.5 Å². The summed E-state index contributed by atoms with van der Waals surface area (Å²) in [6.07, 6.45) is 2.05. The van der Waals surface area contributed by atoms with Gasteiger partial charge in [-0.3, -0.25) is 4.72 Å². The molecular formula is C24H29N3O5S2. The average Bonchev–Trinajstić information content (AvgIpc) is 3.18. The second-order valence-electron chi connectivity index (χ2n) is 8.34. The topological polar surface area (TPSA) is 110 Å². The number of phenols is 1. The summed E-state index contributed by atoms with van der Waals surface area (Å²) >= 11 is 1.50. The van der Waals surface area contributed by atoms with Crippen LogP contribution in [-0.2, 0) is 14.8 Å². The Bertz CT molecular complexity index is 1250. The van der Waals surface area contributed by atoms with Gasteiger partial charge in [0.15, 0.2) is 5.13 Å². The van der Waals surface area contributed by atoms with Gasteiger partial charge in [-0.1, -0.05) is 17.4 Å². The van der Waals surface area contributed by atoms with Crippen molar-refractivity contribution in [2.75, 3.05) is 30.4 Å². The summed E-state index contributed by atoms with van der Waals surface area (Å²) in [5, 5.41) is 14.0. The zero-order valence-corrected chi connectivity index (χ0v) is 21.0. The van der Waals surface area contributed by atoms with Crippen LogP contribution >= 0.6 is 11.3 Å². The number of benzene rings is 2. The number of anilines is 2. The fourth-order valence-electron chi connectivity index (χ4n) is 4.06. The number of rotatable bonds is 8. The number of aromatic hydroxyl groups is 1. The number of thiazole rings is 1. The molecule has 34 heavy (non-hydrogen) atoms. The van der Waals surface area contributed by atoms with Crippen LogP contribution in [0.4, 0.5) is 10.8 Å². The highest BCUT2D eigenvalue weighted by Crippen LogP contribution is 2.37. The first-order valence-electron chi connectivity index (χ1n) is 11.1. The molecule has 3 N–H and O–H groups in total. The Balaban J connectivity index is 1.61. The molecule has 0 amide bonds. The third-order valence-electron chi connectivity index (χ3n) is 5.93. The third-order valence-corrected chi connectivity index (χ3v) is 8.47. The summed E-state index contributed by atoms with van der Waals surface area (Å²) in [7, 11) is -2.54. The van der Waals surface area contributed by atoms with Crippen molar-refractivity contribution < 1.29 is 23.0 Å². The normalized spacial score (nSPS) is 15.6. The van der Waals surface area contributed by atoms with Gasteiger partial charge in [0.1, 0.15) is 16.4 Å². The van der Waals surface area contributed by atoms with E-state index in [0.717, 1.165) is 47.3 Å². The molecule has 3 aromatic rings. The largest absolute Gasteiger partial charge is 0.508 e. The van der Waals surface area contributed by atoms with Gasteiger partial charge in [-0.2, -0.15) is 0 Å². The van der Waals surface area contributed by atoms with E-state index in [9.17, 15) is 13.5 Å². The molecule has 1 aromatic heterocycles. The molecule has 182 valence electrons. The number of ether oxygens (including phenoxy) is 2. The van der Waals surface area contributed by atoms with Crippen molar-refractivity contribution in [3.63, 3.8) is 0 Å². The molecule has 0 aliphatic carbocycles. The minimum absolute atomic E-state index is 0.00808. The van der Waals surface area contributed by atoms with E-state index in [4.69, 9.17) is 9.47 Å². The molecule has 2 aromatic carbocycles. The first kappa shape index (κ1) is 24.3. The third kappa shape index (κ3) is 5.45. The van der Waals surface area contributed by atoms with Crippen molar-refractivity contribution >= 4 is 32.2 Å². The van der Waals surface area contributed by atoms with E-state index in [1.54, 1.807) is 24.3 Å². The molecule has 1 unspecified atom stereocenters. The number of sulfonamides is 1. The Morgan fingerprint density at radius 3 is 2.68 bits per heavy atom. The van der Waals surface area contributed by atoms with Crippen LogP contribution in [0.3, 0.4) is 0 Å². The van der Waals surface area contributed by atoms with Crippen molar-refractivity contribution in [1.29, 1.82) is 0 Å². The summed E-state index contributed by atoms with van der Waals surface area (Å²) in [5.41, 5.74) is 1.81. The van der Waals surface area contributed by atoms with E-state index in [1.165, 1.54) is 30.6 Å². The van der Waals surface area contributed by atoms with Crippen molar-refractivity contribution in [3.05, 3.63) is 48.2 Å². The van der Waals surface area contributed by atoms with Crippen LogP contribution in [0.5, 0.6) is 11.5 Å². The number of hydrogen-bond acceptors (Lipinski definition) is 8. The first-order valence-corrected chi connectivity index (χ1v) is 13.4. The molecule has 0 saturated carbocycles. The summed E-state index contributed by atoms with van der Waals surface area (Å²) in [5.74, 6) is 0.726. The molecule has 8 nitrogen and oxygen atoms in total. The van der Waals surface area contributed by atoms with Crippen LogP contribution in [0.15, 0.2) is 47.4 Å². The monoisotopic (exact) mass is 503 g/mol. The van der Waals surface area contributed by atoms with E-state index in [-0.39, 0.29) is 28.1 Å². The van der Waals surface area contributed by atoms with Gasteiger partial charge in [-0.15, -0.1) is 0 Å².